The first-order valence-electron chi connectivity index (χ1n) is 8.23. The lowest BCUT2D eigenvalue weighted by Crippen LogP contribution is -2.18. The molecule has 2 aromatic rings. The van der Waals surface area contributed by atoms with Gasteiger partial charge in [-0.15, -0.1) is 0 Å². The lowest BCUT2D eigenvalue weighted by molar-refractivity contribution is -0.107. The van der Waals surface area contributed by atoms with E-state index in [4.69, 9.17) is 5.26 Å². The highest BCUT2D eigenvalue weighted by atomic mass is 16.1. The molecule has 0 unspecified atom stereocenters. The van der Waals surface area contributed by atoms with Crippen molar-refractivity contribution in [3.63, 3.8) is 0 Å². The molecule has 4 rings (SSSR count). The van der Waals surface area contributed by atoms with Gasteiger partial charge in [-0.25, -0.2) is 4.98 Å². The van der Waals surface area contributed by atoms with Gasteiger partial charge in [0, 0.05) is 31.4 Å². The van der Waals surface area contributed by atoms with Gasteiger partial charge in [-0.3, -0.25) is 9.69 Å². The summed E-state index contributed by atoms with van der Waals surface area (Å²) in [4.78, 5) is 18.7. The summed E-state index contributed by atoms with van der Waals surface area (Å²) in [5, 5.41) is 8.24. The Morgan fingerprint density at radius 3 is 2.46 bits per heavy atom. The summed E-state index contributed by atoms with van der Waals surface area (Å²) < 4.78 is 0. The van der Waals surface area contributed by atoms with Crippen molar-refractivity contribution < 1.29 is 4.79 Å². The van der Waals surface area contributed by atoms with E-state index in [1.54, 1.807) is 16.0 Å². The minimum absolute atomic E-state index is 0.732. The fourth-order valence-corrected chi connectivity index (χ4v) is 3.12. The summed E-state index contributed by atoms with van der Waals surface area (Å²) in [7, 11) is 0. The van der Waals surface area contributed by atoms with E-state index in [1.165, 1.54) is 29.5 Å². The van der Waals surface area contributed by atoms with E-state index in [9.17, 15) is 4.79 Å². The Morgan fingerprint density at radius 1 is 1.08 bits per heavy atom. The van der Waals surface area contributed by atoms with Gasteiger partial charge >= 0.3 is 0 Å². The Labute approximate surface area is 142 Å². The van der Waals surface area contributed by atoms with Crippen molar-refractivity contribution >= 4 is 12.2 Å². The number of amides is 1. The van der Waals surface area contributed by atoms with Crippen LogP contribution in [0.25, 0.3) is 11.1 Å². The zero-order valence-electron chi connectivity index (χ0n) is 13.6. The molecule has 5 nitrogen and oxygen atoms in total. The largest absolute Gasteiger partial charge is 0.311 e. The maximum absolute atomic E-state index is 10.9. The van der Waals surface area contributed by atoms with Gasteiger partial charge in [-0.05, 0) is 36.5 Å². The normalized spacial score (nSPS) is 15.3. The van der Waals surface area contributed by atoms with Crippen molar-refractivity contribution in [3.8, 4) is 17.3 Å². The van der Waals surface area contributed by atoms with Gasteiger partial charge in [0.1, 0.15) is 5.82 Å². The Morgan fingerprint density at radius 2 is 1.83 bits per heavy atom. The lowest BCUT2D eigenvalue weighted by Gasteiger charge is -2.10. The summed E-state index contributed by atoms with van der Waals surface area (Å²) in [6.45, 7) is 2.70. The van der Waals surface area contributed by atoms with Crippen molar-refractivity contribution in [1.82, 2.24) is 9.88 Å². The SMILES string of the molecule is N#CN1CCCC1.O=CN1CCc2c(-c3ccccc3)ccnc21. The highest BCUT2D eigenvalue weighted by molar-refractivity contribution is 5.82. The van der Waals surface area contributed by atoms with Crippen LogP contribution in [-0.4, -0.2) is 35.9 Å². The molecule has 0 radical (unpaired) electrons. The topological polar surface area (TPSA) is 60.2 Å². The maximum atomic E-state index is 10.9. The first-order valence-corrected chi connectivity index (χ1v) is 8.23. The van der Waals surface area contributed by atoms with Crippen molar-refractivity contribution in [1.29, 1.82) is 5.26 Å². The van der Waals surface area contributed by atoms with Gasteiger partial charge in [-0.1, -0.05) is 30.3 Å². The molecule has 2 aliphatic rings. The molecular formula is C19H20N4O. The van der Waals surface area contributed by atoms with Crippen molar-refractivity contribution in [2.45, 2.75) is 19.3 Å². The second kappa shape index (κ2) is 7.60. The van der Waals surface area contributed by atoms with E-state index in [-0.39, 0.29) is 0 Å². The first kappa shape index (κ1) is 16.0. The molecular weight excluding hydrogens is 300 g/mol. The predicted octanol–water partition coefficient (Wildman–Crippen LogP) is 2.83. The second-order valence-corrected chi connectivity index (χ2v) is 5.87. The van der Waals surface area contributed by atoms with Crippen LogP contribution in [0.1, 0.15) is 18.4 Å². The highest BCUT2D eigenvalue weighted by Gasteiger charge is 2.22. The molecule has 0 spiro atoms. The van der Waals surface area contributed by atoms with Crippen LogP contribution < -0.4 is 4.90 Å². The third kappa shape index (κ3) is 3.38. The molecule has 24 heavy (non-hydrogen) atoms. The second-order valence-electron chi connectivity index (χ2n) is 5.87. The molecule has 5 heteroatoms. The molecule has 1 amide bonds. The van der Waals surface area contributed by atoms with E-state index in [1.807, 2.05) is 24.3 Å². The third-order valence-corrected chi connectivity index (χ3v) is 4.37. The Kier molecular flexibility index (Phi) is 5.07. The Hall–Kier alpha value is -2.87. The van der Waals surface area contributed by atoms with Crippen LogP contribution in [0.4, 0.5) is 5.82 Å². The molecule has 3 heterocycles. The molecule has 1 aromatic carbocycles. The van der Waals surface area contributed by atoms with Gasteiger partial charge in [0.15, 0.2) is 6.19 Å². The van der Waals surface area contributed by atoms with Crippen LogP contribution in [0.15, 0.2) is 42.6 Å². The van der Waals surface area contributed by atoms with Crippen LogP contribution in [0.2, 0.25) is 0 Å². The monoisotopic (exact) mass is 320 g/mol. The Bertz CT molecular complexity index is 733. The fourth-order valence-electron chi connectivity index (χ4n) is 3.12. The average Bonchev–Trinajstić information content (AvgIpc) is 3.32. The molecule has 0 bridgehead atoms. The van der Waals surface area contributed by atoms with Crippen molar-refractivity contribution in [3.05, 3.63) is 48.2 Å². The lowest BCUT2D eigenvalue weighted by atomic mass is 10.0. The van der Waals surface area contributed by atoms with Gasteiger partial charge in [0.05, 0.1) is 0 Å². The van der Waals surface area contributed by atoms with Crippen LogP contribution in [0.3, 0.4) is 0 Å². The van der Waals surface area contributed by atoms with E-state index in [0.29, 0.717) is 0 Å². The molecule has 0 aliphatic carbocycles. The third-order valence-electron chi connectivity index (χ3n) is 4.37. The summed E-state index contributed by atoms with van der Waals surface area (Å²) in [5.74, 6) is 0.807. The number of hydrogen-bond acceptors (Lipinski definition) is 4. The number of fused-ring (bicyclic) bond motifs is 1. The summed E-state index contributed by atoms with van der Waals surface area (Å²) in [5.41, 5.74) is 3.53. The zero-order valence-corrected chi connectivity index (χ0v) is 13.6. The van der Waals surface area contributed by atoms with Gasteiger partial charge < -0.3 is 4.90 Å². The molecule has 2 aliphatic heterocycles. The zero-order chi connectivity index (χ0) is 16.8. The molecule has 0 saturated carbocycles. The number of rotatable bonds is 2. The van der Waals surface area contributed by atoms with E-state index < -0.39 is 0 Å². The number of aromatic nitrogens is 1. The summed E-state index contributed by atoms with van der Waals surface area (Å²) >= 11 is 0. The minimum atomic E-state index is 0.732. The fraction of sp³-hybridized carbons (Fsp3) is 0.316. The summed E-state index contributed by atoms with van der Waals surface area (Å²) in [6.07, 6.45) is 8.00. The van der Waals surface area contributed by atoms with Gasteiger partial charge in [0.2, 0.25) is 6.41 Å². The number of nitrogens with zero attached hydrogens (tertiary/aromatic N) is 4. The number of nitriles is 1. The molecule has 122 valence electrons. The van der Waals surface area contributed by atoms with Gasteiger partial charge in [-0.2, -0.15) is 5.26 Å². The van der Waals surface area contributed by atoms with Crippen LogP contribution in [-0.2, 0) is 11.2 Å². The van der Waals surface area contributed by atoms with Crippen molar-refractivity contribution in [2.24, 2.45) is 0 Å². The number of hydrogen-bond donors (Lipinski definition) is 0. The first-order chi connectivity index (χ1) is 11.8. The van der Waals surface area contributed by atoms with E-state index in [2.05, 4.69) is 23.3 Å². The number of likely N-dealkylation sites (tertiary alicyclic amines) is 1. The van der Waals surface area contributed by atoms with E-state index in [0.717, 1.165) is 38.3 Å². The standard InChI is InChI=1S/C14H12N2O.C5H8N2/c17-10-16-9-7-13-12(6-8-15-14(13)16)11-4-2-1-3-5-11;6-5-7-3-1-2-4-7/h1-6,8,10H,7,9H2;1-4H2. The number of carbonyl (C=O) groups is 1. The van der Waals surface area contributed by atoms with Crippen LogP contribution >= 0.6 is 0 Å². The van der Waals surface area contributed by atoms with Crippen LogP contribution in [0.5, 0.6) is 0 Å². The minimum Gasteiger partial charge on any atom is -0.311 e. The molecule has 1 aromatic heterocycles. The van der Waals surface area contributed by atoms with Crippen molar-refractivity contribution in [2.75, 3.05) is 24.5 Å². The smallest absolute Gasteiger partial charge is 0.215 e. The Balaban J connectivity index is 0.000000203. The molecule has 0 N–H and O–H groups in total. The number of pyridine rings is 1. The predicted molar refractivity (Wildman–Crippen MR) is 93.2 cm³/mol. The average molecular weight is 320 g/mol. The highest BCUT2D eigenvalue weighted by Crippen LogP contribution is 2.33. The quantitative estimate of drug-likeness (QED) is 0.630. The maximum Gasteiger partial charge on any atom is 0.215 e. The van der Waals surface area contributed by atoms with Crippen LogP contribution in [0, 0.1) is 11.5 Å². The molecule has 1 saturated heterocycles. The molecule has 0 atom stereocenters. The van der Waals surface area contributed by atoms with Gasteiger partial charge in [0.25, 0.3) is 0 Å². The number of benzene rings is 1. The van der Waals surface area contributed by atoms with E-state index >= 15 is 0 Å². The molecule has 1 fully saturated rings. The number of anilines is 1. The summed E-state index contributed by atoms with van der Waals surface area (Å²) in [6, 6.07) is 12.2. The number of carbonyl (C=O) groups excluding carboxylic acids is 1.